The van der Waals surface area contributed by atoms with E-state index in [4.69, 9.17) is 4.74 Å². The van der Waals surface area contributed by atoms with Crippen LogP contribution >= 0.6 is 22.7 Å². The van der Waals surface area contributed by atoms with Crippen molar-refractivity contribution in [3.05, 3.63) is 69.4 Å². The normalized spacial score (nSPS) is 11.0. The van der Waals surface area contributed by atoms with Crippen molar-refractivity contribution in [1.29, 1.82) is 0 Å². The number of amides is 1. The molecule has 0 unspecified atom stereocenters. The summed E-state index contributed by atoms with van der Waals surface area (Å²) in [5, 5.41) is 7.85. The molecule has 4 aromatic rings. The van der Waals surface area contributed by atoms with Gasteiger partial charge in [0.25, 0.3) is 5.91 Å². The van der Waals surface area contributed by atoms with Crippen LogP contribution in [0.15, 0.2) is 47.4 Å². The standard InChI is InChI=1S/C18H16N4O2S2/c1-12-20-15(11-26-12)10-24-16-4-2-3-13(7-16)17(23)19-8-14-9-22-5-6-25-18(22)21-14/h2-7,9,11H,8,10H2,1H3,(H,19,23). The number of rotatable bonds is 6. The number of benzene rings is 1. The van der Waals surface area contributed by atoms with Gasteiger partial charge < -0.3 is 10.1 Å². The lowest BCUT2D eigenvalue weighted by Crippen LogP contribution is -2.22. The number of nitrogens with zero attached hydrogens (tertiary/aromatic N) is 3. The third-order valence-corrected chi connectivity index (χ3v) is 5.32. The molecule has 6 nitrogen and oxygen atoms in total. The summed E-state index contributed by atoms with van der Waals surface area (Å²) < 4.78 is 7.68. The van der Waals surface area contributed by atoms with Crippen molar-refractivity contribution in [1.82, 2.24) is 19.7 Å². The Hall–Kier alpha value is -2.71. The zero-order chi connectivity index (χ0) is 17.9. The largest absolute Gasteiger partial charge is 0.487 e. The molecule has 1 amide bonds. The van der Waals surface area contributed by atoms with Crippen LogP contribution < -0.4 is 10.1 Å². The fraction of sp³-hybridized carbons (Fsp3) is 0.167. The van der Waals surface area contributed by atoms with Crippen LogP contribution in [-0.2, 0) is 13.2 Å². The number of hydrogen-bond donors (Lipinski definition) is 1. The van der Waals surface area contributed by atoms with Crippen LogP contribution in [0.5, 0.6) is 5.75 Å². The number of fused-ring (bicyclic) bond motifs is 1. The molecule has 1 aromatic carbocycles. The van der Waals surface area contributed by atoms with Crippen LogP contribution in [0, 0.1) is 6.92 Å². The van der Waals surface area contributed by atoms with E-state index in [9.17, 15) is 4.79 Å². The highest BCUT2D eigenvalue weighted by molar-refractivity contribution is 7.15. The van der Waals surface area contributed by atoms with E-state index in [2.05, 4.69) is 15.3 Å². The van der Waals surface area contributed by atoms with Crippen LogP contribution in [0.4, 0.5) is 0 Å². The molecule has 0 saturated carbocycles. The van der Waals surface area contributed by atoms with Crippen LogP contribution in [0.3, 0.4) is 0 Å². The summed E-state index contributed by atoms with van der Waals surface area (Å²) in [6.45, 7) is 2.74. The first kappa shape index (κ1) is 16.7. The molecule has 0 fully saturated rings. The van der Waals surface area contributed by atoms with E-state index in [-0.39, 0.29) is 5.91 Å². The number of thiazole rings is 2. The molecule has 1 N–H and O–H groups in total. The van der Waals surface area contributed by atoms with E-state index < -0.39 is 0 Å². The molecule has 0 aliphatic heterocycles. The lowest BCUT2D eigenvalue weighted by molar-refractivity contribution is 0.0950. The molecule has 0 aliphatic rings. The lowest BCUT2D eigenvalue weighted by Gasteiger charge is -2.07. The fourth-order valence-electron chi connectivity index (χ4n) is 2.49. The maximum atomic E-state index is 12.4. The van der Waals surface area contributed by atoms with E-state index in [1.807, 2.05) is 46.6 Å². The molecule has 3 heterocycles. The molecule has 0 radical (unpaired) electrons. The minimum absolute atomic E-state index is 0.156. The van der Waals surface area contributed by atoms with Gasteiger partial charge in [0, 0.05) is 28.7 Å². The van der Waals surface area contributed by atoms with Crippen molar-refractivity contribution in [2.45, 2.75) is 20.1 Å². The summed E-state index contributed by atoms with van der Waals surface area (Å²) in [4.78, 5) is 22.1. The molecule has 26 heavy (non-hydrogen) atoms. The first-order chi connectivity index (χ1) is 12.7. The molecular formula is C18H16N4O2S2. The Kier molecular flexibility index (Phi) is 4.68. The van der Waals surface area contributed by atoms with Crippen molar-refractivity contribution in [3.63, 3.8) is 0 Å². The molecule has 132 valence electrons. The van der Waals surface area contributed by atoms with E-state index in [0.717, 1.165) is 21.4 Å². The number of ether oxygens (including phenoxy) is 1. The first-order valence-corrected chi connectivity index (χ1v) is 9.76. The van der Waals surface area contributed by atoms with E-state index in [1.54, 1.807) is 34.8 Å². The number of hydrogen-bond acceptors (Lipinski definition) is 6. The Labute approximate surface area is 158 Å². The van der Waals surface area contributed by atoms with Gasteiger partial charge in [0.2, 0.25) is 0 Å². The van der Waals surface area contributed by atoms with Crippen molar-refractivity contribution in [3.8, 4) is 5.75 Å². The van der Waals surface area contributed by atoms with Crippen LogP contribution in [0.1, 0.15) is 26.8 Å². The number of imidazole rings is 1. The second-order valence-corrected chi connectivity index (χ2v) is 7.62. The van der Waals surface area contributed by atoms with Crippen molar-refractivity contribution in [2.24, 2.45) is 0 Å². The summed E-state index contributed by atoms with van der Waals surface area (Å²) in [6.07, 6.45) is 3.87. The number of nitrogens with one attached hydrogen (secondary N) is 1. The Morgan fingerprint density at radius 3 is 3.00 bits per heavy atom. The zero-order valence-corrected chi connectivity index (χ0v) is 15.6. The average molecular weight is 384 g/mol. The summed E-state index contributed by atoms with van der Waals surface area (Å²) in [7, 11) is 0. The van der Waals surface area contributed by atoms with E-state index >= 15 is 0 Å². The van der Waals surface area contributed by atoms with Crippen LogP contribution in [-0.4, -0.2) is 20.3 Å². The van der Waals surface area contributed by atoms with Crippen LogP contribution in [0.25, 0.3) is 4.96 Å². The van der Waals surface area contributed by atoms with Gasteiger partial charge in [-0.25, -0.2) is 9.97 Å². The second-order valence-electron chi connectivity index (χ2n) is 5.68. The van der Waals surface area contributed by atoms with Gasteiger partial charge >= 0.3 is 0 Å². The second kappa shape index (κ2) is 7.27. The van der Waals surface area contributed by atoms with Crippen molar-refractivity contribution in [2.75, 3.05) is 0 Å². The minimum Gasteiger partial charge on any atom is -0.487 e. The monoisotopic (exact) mass is 384 g/mol. The average Bonchev–Trinajstić information content (AvgIpc) is 3.34. The molecule has 4 rings (SSSR count). The third kappa shape index (κ3) is 3.76. The zero-order valence-electron chi connectivity index (χ0n) is 14.0. The van der Waals surface area contributed by atoms with Crippen molar-refractivity contribution >= 4 is 33.5 Å². The maximum absolute atomic E-state index is 12.4. The highest BCUT2D eigenvalue weighted by Gasteiger charge is 2.09. The van der Waals surface area contributed by atoms with E-state index in [0.29, 0.717) is 24.5 Å². The number of aromatic nitrogens is 3. The lowest BCUT2D eigenvalue weighted by atomic mass is 10.2. The van der Waals surface area contributed by atoms with Gasteiger partial charge in [0.05, 0.1) is 22.9 Å². The molecule has 8 heteroatoms. The molecule has 0 aliphatic carbocycles. The third-order valence-electron chi connectivity index (χ3n) is 3.72. The summed E-state index contributed by atoms with van der Waals surface area (Å²) in [5.74, 6) is 0.488. The van der Waals surface area contributed by atoms with Crippen LogP contribution in [0.2, 0.25) is 0 Å². The molecule has 0 spiro atoms. The van der Waals surface area contributed by atoms with Gasteiger partial charge in [-0.15, -0.1) is 22.7 Å². The van der Waals surface area contributed by atoms with Gasteiger partial charge in [-0.1, -0.05) is 6.07 Å². The molecular weight excluding hydrogens is 368 g/mol. The number of aryl methyl sites for hydroxylation is 1. The number of carbonyl (C=O) groups is 1. The molecule has 0 saturated heterocycles. The summed E-state index contributed by atoms with van der Waals surface area (Å²) in [5.41, 5.74) is 2.27. The van der Waals surface area contributed by atoms with Crippen molar-refractivity contribution < 1.29 is 9.53 Å². The van der Waals surface area contributed by atoms with Gasteiger partial charge in [-0.2, -0.15) is 0 Å². The Morgan fingerprint density at radius 2 is 2.19 bits per heavy atom. The van der Waals surface area contributed by atoms with Gasteiger partial charge in [0.15, 0.2) is 4.96 Å². The summed E-state index contributed by atoms with van der Waals surface area (Å²) in [6, 6.07) is 7.14. The van der Waals surface area contributed by atoms with Gasteiger partial charge in [-0.05, 0) is 25.1 Å². The highest BCUT2D eigenvalue weighted by atomic mass is 32.1. The molecule has 3 aromatic heterocycles. The topological polar surface area (TPSA) is 68.5 Å². The molecule has 0 bridgehead atoms. The van der Waals surface area contributed by atoms with E-state index in [1.165, 1.54) is 0 Å². The quantitative estimate of drug-likeness (QED) is 0.551. The fourth-order valence-corrected chi connectivity index (χ4v) is 3.81. The van der Waals surface area contributed by atoms with Gasteiger partial charge in [0.1, 0.15) is 12.4 Å². The number of carbonyl (C=O) groups excluding carboxylic acids is 1. The predicted molar refractivity (Wildman–Crippen MR) is 102 cm³/mol. The highest BCUT2D eigenvalue weighted by Crippen LogP contribution is 2.17. The first-order valence-electron chi connectivity index (χ1n) is 8.00. The summed E-state index contributed by atoms with van der Waals surface area (Å²) >= 11 is 3.16. The van der Waals surface area contributed by atoms with Gasteiger partial charge in [-0.3, -0.25) is 9.20 Å². The Morgan fingerprint density at radius 1 is 1.27 bits per heavy atom. The maximum Gasteiger partial charge on any atom is 0.251 e. The molecule has 0 atom stereocenters. The Bertz CT molecular complexity index is 1020. The minimum atomic E-state index is -0.156. The Balaban J connectivity index is 1.37. The smallest absolute Gasteiger partial charge is 0.251 e. The SMILES string of the molecule is Cc1nc(COc2cccc(C(=O)NCc3cn4ccsc4n3)c2)cs1. The predicted octanol–water partition coefficient (Wildman–Crippen LogP) is 3.67.